The first-order valence-corrected chi connectivity index (χ1v) is 7.71. The smallest absolute Gasteiger partial charge is 0.339 e. The largest absolute Gasteiger partial charge is 0.507 e. The number of aromatic nitrogens is 1. The predicted molar refractivity (Wildman–Crippen MR) is 93.0 cm³/mol. The lowest BCUT2D eigenvalue weighted by atomic mass is 10.0. The number of carboxylic acid groups (broad SMARTS) is 1. The molecule has 0 saturated heterocycles. The molecule has 2 aromatic carbocycles. The Hall–Kier alpha value is -2.82. The van der Waals surface area contributed by atoms with Crippen LogP contribution in [0.25, 0.3) is 22.2 Å². The Morgan fingerprint density at radius 1 is 1.12 bits per heavy atom. The first-order valence-electron chi connectivity index (χ1n) is 7.71. The van der Waals surface area contributed by atoms with E-state index in [4.69, 9.17) is 5.11 Å². The first-order chi connectivity index (χ1) is 11.4. The number of halogens is 1. The molecule has 0 atom stereocenters. The summed E-state index contributed by atoms with van der Waals surface area (Å²) in [6, 6.07) is 9.02. The Labute approximate surface area is 139 Å². The summed E-state index contributed by atoms with van der Waals surface area (Å²) < 4.78 is 15.0. The van der Waals surface area contributed by atoms with Crippen LogP contribution in [0.15, 0.2) is 36.4 Å². The minimum Gasteiger partial charge on any atom is -0.507 e. The van der Waals surface area contributed by atoms with Gasteiger partial charge in [-0.05, 0) is 48.4 Å². The van der Waals surface area contributed by atoms with E-state index in [9.17, 15) is 14.3 Å². The highest BCUT2D eigenvalue weighted by Crippen LogP contribution is 2.35. The quantitative estimate of drug-likeness (QED) is 0.715. The number of phenols is 1. The predicted octanol–water partition coefficient (Wildman–Crippen LogP) is 4.72. The lowest BCUT2D eigenvalue weighted by Crippen LogP contribution is -1.97. The Morgan fingerprint density at radius 2 is 1.71 bits per heavy atom. The normalized spacial score (nSPS) is 10.4. The summed E-state index contributed by atoms with van der Waals surface area (Å²) >= 11 is 0. The van der Waals surface area contributed by atoms with E-state index in [1.165, 1.54) is 24.3 Å². The highest BCUT2D eigenvalue weighted by molar-refractivity contribution is 6.00. The zero-order valence-electron chi connectivity index (χ0n) is 14.1. The Bertz CT molecular complexity index is 895. The molecule has 0 saturated carbocycles. The fourth-order valence-electron chi connectivity index (χ4n) is 2.84. The number of hydrogen-bond acceptors (Lipinski definition) is 2. The van der Waals surface area contributed by atoms with Crippen LogP contribution in [0.3, 0.4) is 0 Å². The number of aromatic hydroxyl groups is 1. The van der Waals surface area contributed by atoms with Gasteiger partial charge >= 0.3 is 5.97 Å². The molecule has 2 N–H and O–H groups in total. The van der Waals surface area contributed by atoms with Gasteiger partial charge in [0.15, 0.2) is 0 Å². The van der Waals surface area contributed by atoms with Crippen LogP contribution in [0.1, 0.15) is 29.8 Å². The Balaban J connectivity index is 0.00000100. The van der Waals surface area contributed by atoms with Crippen molar-refractivity contribution < 1.29 is 19.4 Å². The molecule has 0 spiro atoms. The molecule has 1 heterocycles. The Kier molecular flexibility index (Phi) is 4.93. The average molecular weight is 329 g/mol. The van der Waals surface area contributed by atoms with E-state index in [0.29, 0.717) is 0 Å². The molecule has 0 aliphatic carbocycles. The minimum absolute atomic E-state index is 0.133. The summed E-state index contributed by atoms with van der Waals surface area (Å²) in [6.07, 6.45) is 0. The molecule has 0 amide bonds. The third-order valence-electron chi connectivity index (χ3n) is 3.92. The van der Waals surface area contributed by atoms with Gasteiger partial charge < -0.3 is 14.8 Å². The molecule has 0 aliphatic heterocycles. The van der Waals surface area contributed by atoms with Gasteiger partial charge in [0.1, 0.15) is 17.1 Å². The SMILES string of the molecule is CC.Cc1c(-c2ccc(F)cc2)n(C)c2cc(O)c(C(=O)O)cc12. The Morgan fingerprint density at radius 3 is 2.25 bits per heavy atom. The van der Waals surface area contributed by atoms with Crippen molar-refractivity contribution in [1.82, 2.24) is 4.57 Å². The van der Waals surface area contributed by atoms with Crippen molar-refractivity contribution in [3.63, 3.8) is 0 Å². The standard InChI is InChI=1S/C17H14FNO3.C2H6/c1-9-12-7-13(17(21)22)15(20)8-14(12)19(2)16(9)10-3-5-11(18)6-4-10;1-2/h3-8,20H,1-2H3,(H,21,22);1-2H3. The summed E-state index contributed by atoms with van der Waals surface area (Å²) in [6.45, 7) is 5.88. The summed E-state index contributed by atoms with van der Waals surface area (Å²) in [7, 11) is 1.83. The zero-order valence-corrected chi connectivity index (χ0v) is 14.1. The van der Waals surface area contributed by atoms with E-state index < -0.39 is 5.97 Å². The van der Waals surface area contributed by atoms with Crippen molar-refractivity contribution in [3.05, 3.63) is 53.3 Å². The fourth-order valence-corrected chi connectivity index (χ4v) is 2.84. The van der Waals surface area contributed by atoms with Crippen LogP contribution in [0, 0.1) is 12.7 Å². The molecule has 5 heteroatoms. The van der Waals surface area contributed by atoms with Crippen molar-refractivity contribution in [2.24, 2.45) is 7.05 Å². The zero-order chi connectivity index (χ0) is 18.0. The molecule has 24 heavy (non-hydrogen) atoms. The van der Waals surface area contributed by atoms with Gasteiger partial charge in [0, 0.05) is 18.5 Å². The third kappa shape index (κ3) is 2.85. The summed E-state index contributed by atoms with van der Waals surface area (Å²) in [5.41, 5.74) is 3.16. The van der Waals surface area contributed by atoms with Crippen LogP contribution >= 0.6 is 0 Å². The second kappa shape index (κ2) is 6.74. The second-order valence-electron chi connectivity index (χ2n) is 5.23. The molecule has 0 unspecified atom stereocenters. The number of nitrogens with zero attached hydrogens (tertiary/aromatic N) is 1. The monoisotopic (exact) mass is 329 g/mol. The molecular weight excluding hydrogens is 309 g/mol. The molecule has 0 fully saturated rings. The molecule has 126 valence electrons. The number of hydrogen-bond donors (Lipinski definition) is 2. The maximum absolute atomic E-state index is 13.1. The first kappa shape index (κ1) is 17.5. The van der Waals surface area contributed by atoms with Crippen LogP contribution in [-0.4, -0.2) is 20.7 Å². The van der Waals surface area contributed by atoms with Crippen molar-refractivity contribution in [1.29, 1.82) is 0 Å². The van der Waals surface area contributed by atoms with Crippen molar-refractivity contribution >= 4 is 16.9 Å². The van der Waals surface area contributed by atoms with Gasteiger partial charge in [-0.25, -0.2) is 9.18 Å². The lowest BCUT2D eigenvalue weighted by Gasteiger charge is -2.06. The molecule has 0 bridgehead atoms. The maximum Gasteiger partial charge on any atom is 0.339 e. The van der Waals surface area contributed by atoms with Crippen LogP contribution in [-0.2, 0) is 7.05 Å². The number of carbonyl (C=O) groups is 1. The van der Waals surface area contributed by atoms with E-state index in [2.05, 4.69) is 0 Å². The van der Waals surface area contributed by atoms with Gasteiger partial charge in [-0.2, -0.15) is 0 Å². The van der Waals surface area contributed by atoms with Gasteiger partial charge in [-0.3, -0.25) is 0 Å². The van der Waals surface area contributed by atoms with Crippen LogP contribution in [0.5, 0.6) is 5.75 Å². The number of fused-ring (bicyclic) bond motifs is 1. The van der Waals surface area contributed by atoms with E-state index in [-0.39, 0.29) is 17.1 Å². The number of aryl methyl sites for hydroxylation is 2. The highest BCUT2D eigenvalue weighted by atomic mass is 19.1. The average Bonchev–Trinajstić information content (AvgIpc) is 2.80. The maximum atomic E-state index is 13.1. The molecule has 3 aromatic rings. The molecule has 1 aromatic heterocycles. The highest BCUT2D eigenvalue weighted by Gasteiger charge is 2.18. The van der Waals surface area contributed by atoms with Gasteiger partial charge in [-0.15, -0.1) is 0 Å². The molecule has 0 radical (unpaired) electrons. The van der Waals surface area contributed by atoms with Crippen LogP contribution < -0.4 is 0 Å². The van der Waals surface area contributed by atoms with Crippen molar-refractivity contribution in [2.45, 2.75) is 20.8 Å². The fraction of sp³-hybridized carbons (Fsp3) is 0.211. The van der Waals surface area contributed by atoms with E-state index in [0.717, 1.165) is 27.7 Å². The number of aromatic carboxylic acids is 1. The van der Waals surface area contributed by atoms with E-state index in [1.54, 1.807) is 12.1 Å². The van der Waals surface area contributed by atoms with Crippen LogP contribution in [0.4, 0.5) is 4.39 Å². The minimum atomic E-state index is -1.18. The van der Waals surface area contributed by atoms with Crippen molar-refractivity contribution in [3.8, 4) is 17.0 Å². The summed E-state index contributed by atoms with van der Waals surface area (Å²) in [4.78, 5) is 11.2. The van der Waals surface area contributed by atoms with E-state index in [1.807, 2.05) is 32.4 Å². The lowest BCUT2D eigenvalue weighted by molar-refractivity contribution is 0.0694. The van der Waals surface area contributed by atoms with Crippen LogP contribution in [0.2, 0.25) is 0 Å². The molecule has 3 rings (SSSR count). The molecule has 4 nitrogen and oxygen atoms in total. The molecular formula is C19H20FNO3. The summed E-state index contributed by atoms with van der Waals surface area (Å²) in [5.74, 6) is -1.76. The van der Waals surface area contributed by atoms with Gasteiger partial charge in [0.25, 0.3) is 0 Å². The topological polar surface area (TPSA) is 62.5 Å². The number of rotatable bonds is 2. The number of benzene rings is 2. The van der Waals surface area contributed by atoms with Gasteiger partial charge in [0.05, 0.1) is 11.2 Å². The number of carboxylic acids is 1. The van der Waals surface area contributed by atoms with Crippen molar-refractivity contribution in [2.75, 3.05) is 0 Å². The van der Waals surface area contributed by atoms with E-state index >= 15 is 0 Å². The molecule has 0 aliphatic rings. The van der Waals surface area contributed by atoms with Gasteiger partial charge in [-0.1, -0.05) is 13.8 Å². The summed E-state index contributed by atoms with van der Waals surface area (Å²) in [5, 5.41) is 19.7. The second-order valence-corrected chi connectivity index (χ2v) is 5.23. The van der Waals surface area contributed by atoms with Gasteiger partial charge in [0.2, 0.25) is 0 Å². The third-order valence-corrected chi connectivity index (χ3v) is 3.92.